The Hall–Kier alpha value is -1.09. The van der Waals surface area contributed by atoms with Gasteiger partial charge >= 0.3 is 5.97 Å². The van der Waals surface area contributed by atoms with Gasteiger partial charge in [-0.25, -0.2) is 0 Å². The van der Waals surface area contributed by atoms with E-state index in [-0.39, 0.29) is 5.41 Å². The van der Waals surface area contributed by atoms with Gasteiger partial charge < -0.3 is 5.11 Å². The summed E-state index contributed by atoms with van der Waals surface area (Å²) in [6.07, 6.45) is 0. The molecule has 1 N–H and O–H groups in total. The fourth-order valence-electron chi connectivity index (χ4n) is 1.65. The lowest BCUT2D eigenvalue weighted by Gasteiger charge is -2.38. The number of hydrogen-bond donors (Lipinski definition) is 1. The van der Waals surface area contributed by atoms with E-state index >= 15 is 0 Å². The average Bonchev–Trinajstić information content (AvgIpc) is 2.16. The second-order valence-electron chi connectivity index (χ2n) is 5.05. The Bertz CT molecular complexity index is 354. The summed E-state index contributed by atoms with van der Waals surface area (Å²) >= 11 is 0. The SMILES string of the molecule is CC(C)(C)C([SiH3])(C(=O)O)c1ccccc1. The van der Waals surface area contributed by atoms with Crippen molar-refractivity contribution >= 4 is 16.2 Å². The predicted molar refractivity (Wildman–Crippen MR) is 65.1 cm³/mol. The van der Waals surface area contributed by atoms with Gasteiger partial charge in [0.05, 0.1) is 5.04 Å². The molecule has 82 valence electrons. The minimum absolute atomic E-state index is 0.258. The highest BCUT2D eigenvalue weighted by atomic mass is 28.1. The van der Waals surface area contributed by atoms with Crippen LogP contribution in [0.4, 0.5) is 0 Å². The first kappa shape index (κ1) is 12.0. The van der Waals surface area contributed by atoms with Crippen molar-refractivity contribution < 1.29 is 9.90 Å². The van der Waals surface area contributed by atoms with E-state index in [1.807, 2.05) is 51.1 Å². The standard InChI is InChI=1S/C12H18O2Si/c1-11(2,3)12(15,10(13)14)9-7-5-4-6-8-9/h4-8H,1-3,15H3,(H,13,14). The smallest absolute Gasteiger partial charge is 0.310 e. The summed E-state index contributed by atoms with van der Waals surface area (Å²) in [5, 5.41) is 8.74. The summed E-state index contributed by atoms with van der Waals surface area (Å²) < 4.78 is 0. The zero-order chi connectivity index (χ0) is 11.7. The third kappa shape index (κ3) is 1.97. The number of carbonyl (C=O) groups is 1. The second-order valence-corrected chi connectivity index (χ2v) is 6.55. The van der Waals surface area contributed by atoms with Crippen molar-refractivity contribution in [3.63, 3.8) is 0 Å². The molecule has 0 amide bonds. The first-order valence-corrected chi connectivity index (χ1v) is 6.09. The minimum Gasteiger partial charge on any atom is -0.481 e. The van der Waals surface area contributed by atoms with Crippen LogP contribution in [0.25, 0.3) is 0 Å². The summed E-state index contributed by atoms with van der Waals surface area (Å²) in [5.74, 6) is -0.715. The van der Waals surface area contributed by atoms with E-state index in [1.165, 1.54) is 0 Å². The first-order valence-electron chi connectivity index (χ1n) is 5.09. The fraction of sp³-hybridized carbons (Fsp3) is 0.417. The third-order valence-corrected chi connectivity index (χ3v) is 5.78. The molecule has 0 fully saturated rings. The first-order chi connectivity index (χ1) is 6.80. The molecule has 0 saturated carbocycles. The fourth-order valence-corrected chi connectivity index (χ4v) is 1.98. The van der Waals surface area contributed by atoms with Gasteiger partial charge in [-0.3, -0.25) is 4.79 Å². The molecule has 0 aliphatic heterocycles. The van der Waals surface area contributed by atoms with Crippen LogP contribution in [0.5, 0.6) is 0 Å². The van der Waals surface area contributed by atoms with Gasteiger partial charge in [0.25, 0.3) is 0 Å². The molecule has 0 bridgehead atoms. The Morgan fingerprint density at radius 1 is 1.20 bits per heavy atom. The average molecular weight is 222 g/mol. The lowest BCUT2D eigenvalue weighted by atomic mass is 9.75. The van der Waals surface area contributed by atoms with Crippen LogP contribution in [0.15, 0.2) is 30.3 Å². The molecule has 1 atom stereocenters. The normalized spacial score (nSPS) is 15.9. The highest BCUT2D eigenvalue weighted by Gasteiger charge is 2.45. The van der Waals surface area contributed by atoms with Crippen molar-refractivity contribution in [1.82, 2.24) is 0 Å². The van der Waals surface area contributed by atoms with Crippen molar-refractivity contribution in [2.45, 2.75) is 25.8 Å². The molecule has 1 rings (SSSR count). The second kappa shape index (κ2) is 3.81. The molecular weight excluding hydrogens is 204 g/mol. The van der Waals surface area contributed by atoms with Crippen molar-refractivity contribution in [1.29, 1.82) is 0 Å². The van der Waals surface area contributed by atoms with Crippen LogP contribution in [0.3, 0.4) is 0 Å². The zero-order valence-electron chi connectivity index (χ0n) is 9.74. The summed E-state index contributed by atoms with van der Waals surface area (Å²) in [6.45, 7) is 5.96. The van der Waals surface area contributed by atoms with Gasteiger partial charge in [-0.05, 0) is 11.0 Å². The Labute approximate surface area is 93.7 Å². The lowest BCUT2D eigenvalue weighted by Crippen LogP contribution is -2.47. The van der Waals surface area contributed by atoms with Crippen LogP contribution in [0, 0.1) is 5.41 Å². The van der Waals surface area contributed by atoms with E-state index in [2.05, 4.69) is 0 Å². The van der Waals surface area contributed by atoms with Gasteiger partial charge in [0, 0.05) is 10.2 Å². The van der Waals surface area contributed by atoms with Crippen molar-refractivity contribution in [2.75, 3.05) is 0 Å². The van der Waals surface area contributed by atoms with E-state index in [4.69, 9.17) is 0 Å². The summed E-state index contributed by atoms with van der Waals surface area (Å²) in [7, 11) is 0.600. The molecule has 0 radical (unpaired) electrons. The van der Waals surface area contributed by atoms with Gasteiger partial charge in [-0.15, -0.1) is 0 Å². The molecular formula is C12H18O2Si. The molecule has 3 heteroatoms. The molecule has 0 aliphatic carbocycles. The van der Waals surface area contributed by atoms with Crippen LogP contribution in [0.2, 0.25) is 0 Å². The van der Waals surface area contributed by atoms with Gasteiger partial charge in [0.15, 0.2) is 0 Å². The van der Waals surface area contributed by atoms with Crippen LogP contribution in [0.1, 0.15) is 26.3 Å². The van der Waals surface area contributed by atoms with Crippen LogP contribution in [-0.2, 0) is 9.83 Å². The maximum absolute atomic E-state index is 11.5. The van der Waals surface area contributed by atoms with Crippen LogP contribution < -0.4 is 0 Å². The van der Waals surface area contributed by atoms with Gasteiger partial charge in [-0.2, -0.15) is 0 Å². The molecule has 0 spiro atoms. The third-order valence-electron chi connectivity index (χ3n) is 3.28. The number of carboxylic acid groups (broad SMARTS) is 1. The number of carboxylic acids is 1. The Balaban J connectivity index is 3.32. The summed E-state index contributed by atoms with van der Waals surface area (Å²) in [5.41, 5.74) is 0.656. The van der Waals surface area contributed by atoms with Crippen molar-refractivity contribution in [3.05, 3.63) is 35.9 Å². The van der Waals surface area contributed by atoms with Crippen LogP contribution >= 0.6 is 0 Å². The molecule has 15 heavy (non-hydrogen) atoms. The quantitative estimate of drug-likeness (QED) is 0.768. The Morgan fingerprint density at radius 2 is 1.67 bits per heavy atom. The highest BCUT2D eigenvalue weighted by molar-refractivity contribution is 6.28. The molecule has 2 nitrogen and oxygen atoms in total. The van der Waals surface area contributed by atoms with Gasteiger partial charge in [-0.1, -0.05) is 51.1 Å². The van der Waals surface area contributed by atoms with Crippen LogP contribution in [-0.4, -0.2) is 21.3 Å². The maximum Gasteiger partial charge on any atom is 0.310 e. The Kier molecular flexibility index (Phi) is 3.04. The lowest BCUT2D eigenvalue weighted by molar-refractivity contribution is -0.143. The minimum atomic E-state index is -0.715. The van der Waals surface area contributed by atoms with Gasteiger partial charge in [0.1, 0.15) is 0 Å². The number of benzene rings is 1. The number of aliphatic carboxylic acids is 1. The van der Waals surface area contributed by atoms with Crippen molar-refractivity contribution in [2.24, 2.45) is 5.41 Å². The van der Waals surface area contributed by atoms with E-state index in [9.17, 15) is 9.90 Å². The highest BCUT2D eigenvalue weighted by Crippen LogP contribution is 2.38. The molecule has 1 aromatic rings. The molecule has 1 aromatic carbocycles. The molecule has 0 aliphatic rings. The predicted octanol–water partition coefficient (Wildman–Crippen LogP) is 1.38. The molecule has 0 heterocycles. The largest absolute Gasteiger partial charge is 0.481 e. The monoisotopic (exact) mass is 222 g/mol. The molecule has 1 unspecified atom stereocenters. The topological polar surface area (TPSA) is 37.3 Å². The van der Waals surface area contributed by atoms with E-state index in [0.29, 0.717) is 10.2 Å². The summed E-state index contributed by atoms with van der Waals surface area (Å²) in [4.78, 5) is 11.5. The van der Waals surface area contributed by atoms with Gasteiger partial charge in [0.2, 0.25) is 0 Å². The maximum atomic E-state index is 11.5. The zero-order valence-corrected chi connectivity index (χ0v) is 11.7. The van der Waals surface area contributed by atoms with Crippen molar-refractivity contribution in [3.8, 4) is 0 Å². The Morgan fingerprint density at radius 3 is 2.00 bits per heavy atom. The number of rotatable bonds is 2. The number of hydrogen-bond acceptors (Lipinski definition) is 1. The molecule has 0 saturated heterocycles. The molecule has 0 aromatic heterocycles. The van der Waals surface area contributed by atoms with E-state index in [1.54, 1.807) is 0 Å². The van der Waals surface area contributed by atoms with E-state index in [0.717, 1.165) is 5.56 Å². The summed E-state index contributed by atoms with van der Waals surface area (Å²) in [6, 6.07) is 9.53. The van der Waals surface area contributed by atoms with E-state index < -0.39 is 11.0 Å².